The van der Waals surface area contributed by atoms with E-state index in [4.69, 9.17) is 14.4 Å². The van der Waals surface area contributed by atoms with Crippen molar-refractivity contribution in [1.29, 1.82) is 0 Å². The van der Waals surface area contributed by atoms with E-state index in [0.29, 0.717) is 13.0 Å². The summed E-state index contributed by atoms with van der Waals surface area (Å²) in [4.78, 5) is 0. The Labute approximate surface area is 131 Å². The number of rotatable bonds is 4. The Morgan fingerprint density at radius 1 is 1.48 bits per heavy atom. The number of nitrogens with zero attached hydrogens (tertiary/aromatic N) is 3. The highest BCUT2D eigenvalue weighted by molar-refractivity contribution is 5.64. The fourth-order valence-corrected chi connectivity index (χ4v) is 3.41. The lowest BCUT2D eigenvalue weighted by Gasteiger charge is -2.15. The molecule has 6 nitrogen and oxygen atoms in total. The van der Waals surface area contributed by atoms with E-state index in [0.717, 1.165) is 42.2 Å². The van der Waals surface area contributed by atoms with E-state index >= 15 is 0 Å². The fraction of sp³-hybridized carbons (Fsp3) is 0.600. The van der Waals surface area contributed by atoms with Crippen molar-refractivity contribution in [1.82, 2.24) is 20.3 Å². The third-order valence-electron chi connectivity index (χ3n) is 4.38. The van der Waals surface area contributed by atoms with Gasteiger partial charge in [0.15, 0.2) is 0 Å². The van der Waals surface area contributed by atoms with Crippen LogP contribution in [0, 0.1) is 5.92 Å². The zero-order chi connectivity index (χ0) is 15.8. The van der Waals surface area contributed by atoms with Crippen molar-refractivity contribution in [2.45, 2.75) is 32.4 Å². The SMILES string of the molecule is FC(F)COCC1Cc2conc2-c2c3c(nn2C1)CCNC3. The van der Waals surface area contributed by atoms with Gasteiger partial charge in [-0.05, 0) is 6.42 Å². The quantitative estimate of drug-likeness (QED) is 0.926. The molecule has 0 bridgehead atoms. The molecule has 0 aliphatic carbocycles. The van der Waals surface area contributed by atoms with E-state index in [-0.39, 0.29) is 12.5 Å². The van der Waals surface area contributed by atoms with Gasteiger partial charge in [0.1, 0.15) is 18.6 Å². The van der Waals surface area contributed by atoms with Crippen LogP contribution in [0.2, 0.25) is 0 Å². The first-order valence-electron chi connectivity index (χ1n) is 7.81. The first-order valence-corrected chi connectivity index (χ1v) is 7.81. The molecule has 23 heavy (non-hydrogen) atoms. The van der Waals surface area contributed by atoms with Gasteiger partial charge >= 0.3 is 0 Å². The summed E-state index contributed by atoms with van der Waals surface area (Å²) in [7, 11) is 0. The highest BCUT2D eigenvalue weighted by Crippen LogP contribution is 2.34. The standard InChI is InChI=1S/C15H18F2N4O2/c16-13(17)8-22-6-9-3-10-7-23-20-14(10)15-11-4-18-2-1-12(11)19-21(15)5-9/h7,9,13,18H,1-6,8H2. The molecule has 4 rings (SSSR count). The molecule has 1 N–H and O–H groups in total. The van der Waals surface area contributed by atoms with Crippen LogP contribution >= 0.6 is 0 Å². The van der Waals surface area contributed by atoms with Gasteiger partial charge < -0.3 is 14.6 Å². The molecule has 2 aromatic rings. The second kappa shape index (κ2) is 6.01. The Morgan fingerprint density at radius 2 is 2.39 bits per heavy atom. The van der Waals surface area contributed by atoms with Gasteiger partial charge in [-0.25, -0.2) is 8.78 Å². The Balaban J connectivity index is 1.65. The predicted molar refractivity (Wildman–Crippen MR) is 77.2 cm³/mol. The van der Waals surface area contributed by atoms with E-state index in [9.17, 15) is 8.78 Å². The Kier molecular flexibility index (Phi) is 3.86. The molecule has 0 fully saturated rings. The second-order valence-corrected chi connectivity index (χ2v) is 6.07. The molecule has 0 saturated heterocycles. The maximum atomic E-state index is 12.3. The summed E-state index contributed by atoms with van der Waals surface area (Å²) in [6.07, 6.45) is 0.772. The molecule has 0 amide bonds. The molecule has 1 atom stereocenters. The number of alkyl halides is 2. The van der Waals surface area contributed by atoms with Gasteiger partial charge in [0.25, 0.3) is 6.43 Å². The Bertz CT molecular complexity index is 698. The topological polar surface area (TPSA) is 65.1 Å². The van der Waals surface area contributed by atoms with Crippen LogP contribution in [-0.4, -0.2) is 41.1 Å². The molecule has 2 aliphatic rings. The smallest absolute Gasteiger partial charge is 0.261 e. The third kappa shape index (κ3) is 2.76. The van der Waals surface area contributed by atoms with Crippen molar-refractivity contribution < 1.29 is 18.0 Å². The molecule has 0 spiro atoms. The number of hydrogen-bond donors (Lipinski definition) is 1. The number of fused-ring (bicyclic) bond motifs is 5. The number of halogens is 2. The molecule has 0 radical (unpaired) electrons. The summed E-state index contributed by atoms with van der Waals surface area (Å²) >= 11 is 0. The summed E-state index contributed by atoms with van der Waals surface area (Å²) in [6, 6.07) is 0. The highest BCUT2D eigenvalue weighted by Gasteiger charge is 2.30. The monoisotopic (exact) mass is 324 g/mol. The summed E-state index contributed by atoms with van der Waals surface area (Å²) in [5.41, 5.74) is 5.05. The molecule has 2 aromatic heterocycles. The van der Waals surface area contributed by atoms with Crippen molar-refractivity contribution in [3.63, 3.8) is 0 Å². The fourth-order valence-electron chi connectivity index (χ4n) is 3.41. The van der Waals surface area contributed by atoms with Crippen molar-refractivity contribution in [3.8, 4) is 11.4 Å². The van der Waals surface area contributed by atoms with Gasteiger partial charge in [0.05, 0.1) is 18.0 Å². The molecule has 2 aliphatic heterocycles. The molecule has 4 heterocycles. The van der Waals surface area contributed by atoms with Crippen LogP contribution in [0.15, 0.2) is 10.8 Å². The average molecular weight is 324 g/mol. The molecule has 8 heteroatoms. The third-order valence-corrected chi connectivity index (χ3v) is 4.38. The molecule has 124 valence electrons. The van der Waals surface area contributed by atoms with Gasteiger partial charge in [-0.2, -0.15) is 5.10 Å². The zero-order valence-electron chi connectivity index (χ0n) is 12.6. The predicted octanol–water partition coefficient (Wildman–Crippen LogP) is 1.64. The maximum Gasteiger partial charge on any atom is 0.261 e. The molecule has 0 saturated carbocycles. The van der Waals surface area contributed by atoms with Gasteiger partial charge in [-0.1, -0.05) is 5.16 Å². The normalized spacial score (nSPS) is 20.0. The maximum absolute atomic E-state index is 12.3. The van der Waals surface area contributed by atoms with Crippen molar-refractivity contribution in [3.05, 3.63) is 23.1 Å². The molecule has 0 aromatic carbocycles. The lowest BCUT2D eigenvalue weighted by atomic mass is 9.99. The lowest BCUT2D eigenvalue weighted by molar-refractivity contribution is 0.00164. The first-order chi connectivity index (χ1) is 11.2. The summed E-state index contributed by atoms with van der Waals surface area (Å²) in [5.74, 6) is 0.0717. The minimum atomic E-state index is -2.44. The van der Waals surface area contributed by atoms with E-state index in [1.54, 1.807) is 6.26 Å². The lowest BCUT2D eigenvalue weighted by Crippen LogP contribution is -2.23. The summed E-state index contributed by atoms with van der Waals surface area (Å²) in [6.45, 7) is 2.07. The summed E-state index contributed by atoms with van der Waals surface area (Å²) in [5, 5.41) is 12.2. The van der Waals surface area contributed by atoms with Gasteiger partial charge in [0, 0.05) is 43.1 Å². The van der Waals surface area contributed by atoms with E-state index in [1.165, 1.54) is 5.56 Å². The minimum Gasteiger partial charge on any atom is -0.375 e. The van der Waals surface area contributed by atoms with Crippen molar-refractivity contribution >= 4 is 0 Å². The van der Waals surface area contributed by atoms with Crippen LogP contribution in [0.4, 0.5) is 8.78 Å². The number of nitrogens with one attached hydrogen (secondary N) is 1. The molecular weight excluding hydrogens is 306 g/mol. The van der Waals surface area contributed by atoms with Crippen molar-refractivity contribution in [2.75, 3.05) is 19.8 Å². The number of ether oxygens (including phenoxy) is 1. The van der Waals surface area contributed by atoms with Crippen molar-refractivity contribution in [2.24, 2.45) is 5.92 Å². The van der Waals surface area contributed by atoms with Crippen LogP contribution in [0.5, 0.6) is 0 Å². The second-order valence-electron chi connectivity index (χ2n) is 6.07. The van der Waals surface area contributed by atoms with Crippen LogP contribution in [0.1, 0.15) is 16.8 Å². The van der Waals surface area contributed by atoms with E-state index in [1.807, 2.05) is 4.68 Å². The Morgan fingerprint density at radius 3 is 3.26 bits per heavy atom. The van der Waals surface area contributed by atoms with Crippen LogP contribution < -0.4 is 5.32 Å². The Hall–Kier alpha value is -1.80. The van der Waals surface area contributed by atoms with Crippen LogP contribution in [0.25, 0.3) is 11.4 Å². The first kappa shape index (κ1) is 14.8. The van der Waals surface area contributed by atoms with Crippen LogP contribution in [0.3, 0.4) is 0 Å². The van der Waals surface area contributed by atoms with Gasteiger partial charge in [-0.15, -0.1) is 0 Å². The largest absolute Gasteiger partial charge is 0.375 e. The molecule has 1 unspecified atom stereocenters. The van der Waals surface area contributed by atoms with Gasteiger partial charge in [-0.3, -0.25) is 4.68 Å². The van der Waals surface area contributed by atoms with Crippen LogP contribution in [-0.2, 0) is 30.7 Å². The van der Waals surface area contributed by atoms with E-state index in [2.05, 4.69) is 10.5 Å². The van der Waals surface area contributed by atoms with E-state index < -0.39 is 13.0 Å². The number of hydrogen-bond acceptors (Lipinski definition) is 5. The summed E-state index contributed by atoms with van der Waals surface area (Å²) < 4.78 is 36.8. The minimum absolute atomic E-state index is 0.0717. The zero-order valence-corrected chi connectivity index (χ0v) is 12.6. The highest BCUT2D eigenvalue weighted by atomic mass is 19.3. The number of aromatic nitrogens is 3. The molecular formula is C15H18F2N4O2. The average Bonchev–Trinajstić information content (AvgIpc) is 3.07. The van der Waals surface area contributed by atoms with Gasteiger partial charge in [0.2, 0.25) is 0 Å².